The number of nitrogens with two attached hydrogens (primary N) is 2. The fourth-order valence-corrected chi connectivity index (χ4v) is 0.445. The molecule has 1 atom stereocenters. The van der Waals surface area contributed by atoms with Gasteiger partial charge in [0.15, 0.2) is 0 Å². The summed E-state index contributed by atoms with van der Waals surface area (Å²) in [5, 5.41) is 0. The minimum absolute atomic E-state index is 0.354. The van der Waals surface area contributed by atoms with Gasteiger partial charge < -0.3 is 11.5 Å². The summed E-state index contributed by atoms with van der Waals surface area (Å²) in [4.78, 5) is 0. The van der Waals surface area contributed by atoms with Crippen LogP contribution in [-0.4, -0.2) is 12.1 Å². The first-order valence-corrected chi connectivity index (χ1v) is 3.84. The summed E-state index contributed by atoms with van der Waals surface area (Å²) in [6.07, 6.45) is 5.27. The molecule has 0 aromatic heterocycles. The number of hydrogen-bond donors (Lipinski definition) is 2. The standard InChI is InChI=1S/C10H16N2/c1-5-10(4,8-11)7-6-9(2,3)12/h1H,8,11-12H2,2-4H3. The second kappa shape index (κ2) is 3.63. The molecular weight excluding hydrogens is 148 g/mol. The molecule has 2 heteroatoms. The summed E-state index contributed by atoms with van der Waals surface area (Å²) in [5.41, 5.74) is 10.1. The summed E-state index contributed by atoms with van der Waals surface area (Å²) < 4.78 is 0. The zero-order valence-corrected chi connectivity index (χ0v) is 7.94. The lowest BCUT2D eigenvalue weighted by Gasteiger charge is -2.15. The molecule has 0 heterocycles. The number of hydrogen-bond acceptors (Lipinski definition) is 2. The highest BCUT2D eigenvalue weighted by atomic mass is 14.7. The van der Waals surface area contributed by atoms with E-state index in [-0.39, 0.29) is 0 Å². The van der Waals surface area contributed by atoms with Gasteiger partial charge in [0.25, 0.3) is 0 Å². The lowest BCUT2D eigenvalue weighted by atomic mass is 9.91. The second-order valence-electron chi connectivity index (χ2n) is 3.65. The maximum Gasteiger partial charge on any atom is 0.101 e. The summed E-state index contributed by atoms with van der Waals surface area (Å²) in [6, 6.07) is 0. The van der Waals surface area contributed by atoms with E-state index < -0.39 is 11.0 Å². The van der Waals surface area contributed by atoms with Gasteiger partial charge in [0, 0.05) is 6.54 Å². The van der Waals surface area contributed by atoms with E-state index in [2.05, 4.69) is 17.8 Å². The van der Waals surface area contributed by atoms with Crippen LogP contribution in [0.1, 0.15) is 20.8 Å². The lowest BCUT2D eigenvalue weighted by molar-refractivity contribution is 0.608. The molecule has 0 amide bonds. The van der Waals surface area contributed by atoms with Crippen LogP contribution >= 0.6 is 0 Å². The Kier molecular flexibility index (Phi) is 3.34. The Hall–Kier alpha value is -0.960. The van der Waals surface area contributed by atoms with E-state index in [0.717, 1.165) is 0 Å². The molecule has 66 valence electrons. The van der Waals surface area contributed by atoms with E-state index >= 15 is 0 Å². The van der Waals surface area contributed by atoms with Gasteiger partial charge in [0.2, 0.25) is 0 Å². The second-order valence-corrected chi connectivity index (χ2v) is 3.65. The predicted octanol–water partition coefficient (Wildman–Crippen LogP) is 0.325. The van der Waals surface area contributed by atoms with Crippen molar-refractivity contribution < 1.29 is 0 Å². The van der Waals surface area contributed by atoms with Gasteiger partial charge in [-0.05, 0) is 20.8 Å². The van der Waals surface area contributed by atoms with Crippen molar-refractivity contribution in [2.45, 2.75) is 26.3 Å². The first-order valence-electron chi connectivity index (χ1n) is 3.84. The van der Waals surface area contributed by atoms with Crippen molar-refractivity contribution in [3.63, 3.8) is 0 Å². The van der Waals surface area contributed by atoms with Crippen LogP contribution in [0, 0.1) is 29.6 Å². The molecule has 2 nitrogen and oxygen atoms in total. The minimum atomic E-state index is -0.545. The molecule has 0 saturated heterocycles. The van der Waals surface area contributed by atoms with Crippen LogP contribution in [0.25, 0.3) is 0 Å². The highest BCUT2D eigenvalue weighted by Gasteiger charge is 2.16. The third-order valence-electron chi connectivity index (χ3n) is 1.39. The maximum atomic E-state index is 5.67. The summed E-state index contributed by atoms with van der Waals surface area (Å²) in [5.74, 6) is 8.32. The van der Waals surface area contributed by atoms with E-state index in [4.69, 9.17) is 17.9 Å². The monoisotopic (exact) mass is 164 g/mol. The molecule has 0 aliphatic carbocycles. The van der Waals surface area contributed by atoms with Crippen LogP contribution in [0.3, 0.4) is 0 Å². The topological polar surface area (TPSA) is 52.0 Å². The van der Waals surface area contributed by atoms with Gasteiger partial charge in [-0.15, -0.1) is 6.42 Å². The Morgan fingerprint density at radius 1 is 1.25 bits per heavy atom. The first-order chi connectivity index (χ1) is 5.33. The van der Waals surface area contributed by atoms with Crippen molar-refractivity contribution >= 4 is 0 Å². The Labute approximate surface area is 74.7 Å². The van der Waals surface area contributed by atoms with Crippen molar-refractivity contribution in [3.8, 4) is 24.2 Å². The third-order valence-corrected chi connectivity index (χ3v) is 1.39. The predicted molar refractivity (Wildman–Crippen MR) is 52.0 cm³/mol. The zero-order valence-electron chi connectivity index (χ0n) is 7.94. The van der Waals surface area contributed by atoms with Crippen LogP contribution in [0.15, 0.2) is 0 Å². The molecule has 1 unspecified atom stereocenters. The van der Waals surface area contributed by atoms with Crippen molar-refractivity contribution in [1.82, 2.24) is 0 Å². The quantitative estimate of drug-likeness (QED) is 0.549. The minimum Gasteiger partial charge on any atom is -0.328 e. The van der Waals surface area contributed by atoms with Gasteiger partial charge in [-0.2, -0.15) is 0 Å². The SMILES string of the molecule is C#CC(C)(C#CC(C)(C)N)CN. The molecule has 0 spiro atoms. The van der Waals surface area contributed by atoms with Crippen molar-refractivity contribution in [2.24, 2.45) is 16.9 Å². The van der Waals surface area contributed by atoms with E-state index in [9.17, 15) is 0 Å². The average Bonchev–Trinajstić information content (AvgIpc) is 1.99. The molecule has 0 aliphatic heterocycles. The van der Waals surface area contributed by atoms with E-state index in [0.29, 0.717) is 6.54 Å². The van der Waals surface area contributed by atoms with Gasteiger partial charge in [0.05, 0.1) is 5.54 Å². The molecule has 0 radical (unpaired) electrons. The molecule has 12 heavy (non-hydrogen) atoms. The van der Waals surface area contributed by atoms with Gasteiger partial charge in [-0.3, -0.25) is 0 Å². The largest absolute Gasteiger partial charge is 0.328 e. The highest BCUT2D eigenvalue weighted by molar-refractivity contribution is 5.27. The molecule has 0 saturated carbocycles. The normalized spacial score (nSPS) is 15.3. The summed E-state index contributed by atoms with van der Waals surface area (Å²) in [6.45, 7) is 5.83. The average molecular weight is 164 g/mol. The van der Waals surface area contributed by atoms with Crippen molar-refractivity contribution in [2.75, 3.05) is 6.54 Å². The molecule has 0 rings (SSSR count). The van der Waals surface area contributed by atoms with E-state index in [1.165, 1.54) is 0 Å². The van der Waals surface area contributed by atoms with E-state index in [1.54, 1.807) is 0 Å². The van der Waals surface area contributed by atoms with Crippen LogP contribution in [0.5, 0.6) is 0 Å². The molecule has 0 fully saturated rings. The molecule has 0 aromatic carbocycles. The lowest BCUT2D eigenvalue weighted by Crippen LogP contribution is -2.31. The molecule has 4 N–H and O–H groups in total. The van der Waals surface area contributed by atoms with Crippen LogP contribution in [0.2, 0.25) is 0 Å². The Morgan fingerprint density at radius 3 is 2.00 bits per heavy atom. The van der Waals surface area contributed by atoms with Gasteiger partial charge in [-0.25, -0.2) is 0 Å². The Balaban J connectivity index is 4.61. The fraction of sp³-hybridized carbons (Fsp3) is 0.600. The first kappa shape index (κ1) is 11.0. The zero-order chi connectivity index (χ0) is 9.83. The van der Waals surface area contributed by atoms with Crippen molar-refractivity contribution in [1.29, 1.82) is 0 Å². The van der Waals surface area contributed by atoms with Gasteiger partial charge >= 0.3 is 0 Å². The van der Waals surface area contributed by atoms with E-state index in [1.807, 2.05) is 20.8 Å². The Morgan fingerprint density at radius 2 is 1.75 bits per heavy atom. The smallest absolute Gasteiger partial charge is 0.101 e. The Bertz CT molecular complexity index is 244. The fourth-order valence-electron chi connectivity index (χ4n) is 0.445. The maximum absolute atomic E-state index is 5.67. The third kappa shape index (κ3) is 4.03. The molecule has 0 aliphatic rings. The van der Waals surface area contributed by atoms with Crippen LogP contribution < -0.4 is 11.5 Å². The van der Waals surface area contributed by atoms with Crippen LogP contribution in [-0.2, 0) is 0 Å². The number of rotatable bonds is 1. The highest BCUT2D eigenvalue weighted by Crippen LogP contribution is 2.10. The summed E-state index contributed by atoms with van der Waals surface area (Å²) in [7, 11) is 0. The van der Waals surface area contributed by atoms with Gasteiger partial charge in [-0.1, -0.05) is 17.8 Å². The van der Waals surface area contributed by atoms with Gasteiger partial charge in [0.1, 0.15) is 5.41 Å². The molecule has 0 aromatic rings. The van der Waals surface area contributed by atoms with Crippen LogP contribution in [0.4, 0.5) is 0 Å². The molecular formula is C10H16N2. The summed E-state index contributed by atoms with van der Waals surface area (Å²) >= 11 is 0. The van der Waals surface area contributed by atoms with Crippen molar-refractivity contribution in [3.05, 3.63) is 0 Å². The molecule has 0 bridgehead atoms. The number of terminal acetylenes is 1.